The molecule has 0 bridgehead atoms. The summed E-state index contributed by atoms with van der Waals surface area (Å²) in [6.07, 6.45) is 4.57. The van der Waals surface area contributed by atoms with Crippen molar-refractivity contribution in [2.24, 2.45) is 5.92 Å². The van der Waals surface area contributed by atoms with Gasteiger partial charge in [0.25, 0.3) is 5.91 Å². The Hall–Kier alpha value is -3.37. The first-order chi connectivity index (χ1) is 21.2. The Labute approximate surface area is 267 Å². The molecule has 1 aliphatic rings. The number of nitrogens with zero attached hydrogens (tertiary/aromatic N) is 1. The van der Waals surface area contributed by atoms with Crippen molar-refractivity contribution in [2.75, 3.05) is 13.7 Å². The number of unbranched alkanes of at least 4 members (excludes halogenated alkanes) is 7. The van der Waals surface area contributed by atoms with E-state index in [1.54, 1.807) is 32.0 Å². The zero-order valence-electron chi connectivity index (χ0n) is 27.9. The van der Waals surface area contributed by atoms with Gasteiger partial charge in [-0.2, -0.15) is 0 Å². The molecule has 0 aliphatic carbocycles. The number of aryl methyl sites for hydroxylation is 1. The Morgan fingerprint density at radius 1 is 1.00 bits per heavy atom. The second-order valence-electron chi connectivity index (χ2n) is 12.6. The van der Waals surface area contributed by atoms with Gasteiger partial charge in [0.15, 0.2) is 23.8 Å². The van der Waals surface area contributed by atoms with Crippen LogP contribution in [0.25, 0.3) is 5.57 Å². The van der Waals surface area contributed by atoms with Gasteiger partial charge in [0.1, 0.15) is 5.60 Å². The van der Waals surface area contributed by atoms with Gasteiger partial charge in [0, 0.05) is 32.6 Å². The normalized spacial score (nSPS) is 17.6. The quantitative estimate of drug-likeness (QED) is 0.115. The monoisotopic (exact) mass is 629 g/mol. The minimum Gasteiger partial charge on any atom is -0.451 e. The van der Waals surface area contributed by atoms with Gasteiger partial charge in [0.2, 0.25) is 0 Å². The van der Waals surface area contributed by atoms with E-state index in [2.05, 4.69) is 0 Å². The lowest BCUT2D eigenvalue weighted by Gasteiger charge is -2.33. The van der Waals surface area contributed by atoms with E-state index >= 15 is 0 Å². The number of amides is 2. The Morgan fingerprint density at radius 3 is 2.13 bits per heavy atom. The molecule has 0 spiro atoms. The van der Waals surface area contributed by atoms with Crippen LogP contribution in [0.1, 0.15) is 104 Å². The summed E-state index contributed by atoms with van der Waals surface area (Å²) in [5.74, 6) is -2.96. The number of cyclic esters (lactones) is 1. The van der Waals surface area contributed by atoms with Crippen LogP contribution in [0.5, 0.6) is 0 Å². The van der Waals surface area contributed by atoms with Crippen LogP contribution >= 0.6 is 0 Å². The third-order valence-corrected chi connectivity index (χ3v) is 7.98. The summed E-state index contributed by atoms with van der Waals surface area (Å²) in [6.45, 7) is 10.3. The van der Waals surface area contributed by atoms with Gasteiger partial charge < -0.3 is 19.3 Å². The maximum absolute atomic E-state index is 13.8. The highest BCUT2D eigenvalue weighted by Gasteiger charge is 2.54. The zero-order valence-corrected chi connectivity index (χ0v) is 27.9. The molecular formula is C35H51NO9. The summed E-state index contributed by atoms with van der Waals surface area (Å²) in [4.78, 5) is 67.1. The Bertz CT molecular complexity index is 1220. The van der Waals surface area contributed by atoms with Crippen LogP contribution in [0.4, 0.5) is 4.79 Å². The number of ether oxygens (including phenoxy) is 3. The SMILES string of the molecule is CO[C@H](C(=O)N1C(=O)OC(C)(C)[C@@H]1C(C)C)[C@H](OC(C)=O)C(=O)C=C(C(=O)CCCCCCCCCCO)c1cccc(C)c1. The van der Waals surface area contributed by atoms with Crippen LogP contribution < -0.4 is 0 Å². The highest BCUT2D eigenvalue weighted by Crippen LogP contribution is 2.35. The molecule has 1 fully saturated rings. The highest BCUT2D eigenvalue weighted by atomic mass is 16.6. The number of aliphatic hydroxyl groups is 1. The maximum atomic E-state index is 13.8. The Morgan fingerprint density at radius 2 is 1.60 bits per heavy atom. The number of rotatable bonds is 19. The van der Waals surface area contributed by atoms with E-state index in [1.165, 1.54) is 7.11 Å². The molecule has 1 saturated heterocycles. The predicted octanol–water partition coefficient (Wildman–Crippen LogP) is 5.75. The number of carbonyl (C=O) groups is 5. The number of hydrogen-bond acceptors (Lipinski definition) is 9. The number of ketones is 2. The van der Waals surface area contributed by atoms with Crippen LogP contribution in [0.3, 0.4) is 0 Å². The Balaban J connectivity index is 2.34. The first-order valence-electron chi connectivity index (χ1n) is 16.0. The molecule has 0 saturated carbocycles. The summed E-state index contributed by atoms with van der Waals surface area (Å²) in [6, 6.07) is 6.51. The lowest BCUT2D eigenvalue weighted by atomic mass is 9.88. The molecule has 2 amide bonds. The summed E-state index contributed by atoms with van der Waals surface area (Å²) in [5, 5.41) is 8.90. The topological polar surface area (TPSA) is 137 Å². The van der Waals surface area contributed by atoms with E-state index in [0.717, 1.165) is 68.4 Å². The van der Waals surface area contributed by atoms with Crippen LogP contribution in [0.15, 0.2) is 30.3 Å². The van der Waals surface area contributed by atoms with Gasteiger partial charge in [-0.3, -0.25) is 19.2 Å². The smallest absolute Gasteiger partial charge is 0.417 e. The molecule has 0 radical (unpaired) electrons. The van der Waals surface area contributed by atoms with Crippen molar-refractivity contribution in [3.63, 3.8) is 0 Å². The largest absolute Gasteiger partial charge is 0.451 e. The number of esters is 1. The van der Waals surface area contributed by atoms with Gasteiger partial charge >= 0.3 is 12.1 Å². The molecule has 10 nitrogen and oxygen atoms in total. The second kappa shape index (κ2) is 17.9. The van der Waals surface area contributed by atoms with Crippen molar-refractivity contribution in [3.05, 3.63) is 41.5 Å². The van der Waals surface area contributed by atoms with E-state index in [4.69, 9.17) is 19.3 Å². The van der Waals surface area contributed by atoms with E-state index in [1.807, 2.05) is 26.8 Å². The van der Waals surface area contributed by atoms with E-state index in [9.17, 15) is 24.0 Å². The maximum Gasteiger partial charge on any atom is 0.417 e. The molecule has 1 heterocycles. The highest BCUT2D eigenvalue weighted by molar-refractivity contribution is 6.25. The fourth-order valence-electron chi connectivity index (χ4n) is 5.98. The molecule has 2 rings (SSSR count). The Kier molecular flexibility index (Phi) is 15.1. The molecule has 10 heteroatoms. The number of allylic oxidation sites excluding steroid dienone is 1. The van der Waals surface area contributed by atoms with Crippen molar-refractivity contribution >= 4 is 35.1 Å². The van der Waals surface area contributed by atoms with Crippen LogP contribution in [0, 0.1) is 12.8 Å². The number of hydrogen-bond donors (Lipinski definition) is 1. The minimum absolute atomic E-state index is 0.147. The first kappa shape index (κ1) is 37.8. The molecule has 1 aliphatic heterocycles. The summed E-state index contributed by atoms with van der Waals surface area (Å²) in [5.41, 5.74) is 0.569. The molecule has 45 heavy (non-hydrogen) atoms. The molecule has 0 unspecified atom stereocenters. The summed E-state index contributed by atoms with van der Waals surface area (Å²) >= 11 is 0. The van der Waals surface area contributed by atoms with Crippen molar-refractivity contribution in [1.29, 1.82) is 0 Å². The standard InChI is InChI=1S/C35H51NO9/c1-23(2)32-35(5,6)45-34(42)36(32)33(41)31(43-7)30(44-25(4)38)29(40)22-27(26-18-16-17-24(3)21-26)28(39)19-14-12-10-8-9-11-13-15-20-37/h16-18,21-23,30-32,37H,8-15,19-20H2,1-7H3/t30-,31+,32+/m1/s1. The fraction of sp³-hybridized carbons (Fsp3) is 0.629. The lowest BCUT2D eigenvalue weighted by Crippen LogP contribution is -2.55. The van der Waals surface area contributed by atoms with E-state index in [-0.39, 0.29) is 30.3 Å². The third-order valence-electron chi connectivity index (χ3n) is 7.98. The van der Waals surface area contributed by atoms with Gasteiger partial charge in [-0.15, -0.1) is 0 Å². The van der Waals surface area contributed by atoms with Crippen LogP contribution in [-0.2, 0) is 33.4 Å². The minimum atomic E-state index is -1.75. The number of carbonyl (C=O) groups excluding carboxylic acids is 5. The second-order valence-corrected chi connectivity index (χ2v) is 12.6. The molecule has 250 valence electrons. The number of benzene rings is 1. The predicted molar refractivity (Wildman–Crippen MR) is 170 cm³/mol. The van der Waals surface area contributed by atoms with Gasteiger partial charge in [-0.05, 0) is 51.2 Å². The molecule has 3 atom stereocenters. The average molecular weight is 630 g/mol. The summed E-state index contributed by atoms with van der Waals surface area (Å²) < 4.78 is 16.2. The van der Waals surface area contributed by atoms with Crippen LogP contribution in [0.2, 0.25) is 0 Å². The number of aliphatic hydroxyl groups excluding tert-OH is 1. The van der Waals surface area contributed by atoms with Crippen molar-refractivity contribution in [3.8, 4) is 0 Å². The zero-order chi connectivity index (χ0) is 33.7. The number of imide groups is 1. The van der Waals surface area contributed by atoms with Gasteiger partial charge in [-0.1, -0.05) is 82.2 Å². The number of Topliss-reactive ketones (excluding diaryl/α,β-unsaturated/α-hetero) is 1. The van der Waals surface area contributed by atoms with Crippen molar-refractivity contribution < 1.29 is 43.3 Å². The molecule has 1 aromatic carbocycles. The van der Waals surface area contributed by atoms with Crippen LogP contribution in [-0.4, -0.2) is 77.1 Å². The van der Waals surface area contributed by atoms with E-state index in [0.29, 0.717) is 12.0 Å². The lowest BCUT2D eigenvalue weighted by molar-refractivity contribution is -0.166. The van der Waals surface area contributed by atoms with Gasteiger partial charge in [0.05, 0.1) is 6.04 Å². The summed E-state index contributed by atoms with van der Waals surface area (Å²) in [7, 11) is 1.19. The first-order valence-corrected chi connectivity index (χ1v) is 16.0. The third kappa shape index (κ3) is 10.9. The van der Waals surface area contributed by atoms with Gasteiger partial charge in [-0.25, -0.2) is 9.69 Å². The molecule has 1 N–H and O–H groups in total. The molecule has 0 aromatic heterocycles. The average Bonchev–Trinajstić information content (AvgIpc) is 3.22. The van der Waals surface area contributed by atoms with E-state index < -0.39 is 47.6 Å². The molecular weight excluding hydrogens is 578 g/mol. The van der Waals surface area contributed by atoms with Crippen molar-refractivity contribution in [2.45, 2.75) is 123 Å². The number of methoxy groups -OCH3 is 1. The van der Waals surface area contributed by atoms with Crippen molar-refractivity contribution in [1.82, 2.24) is 4.90 Å². The fourth-order valence-corrected chi connectivity index (χ4v) is 5.98. The molecule has 1 aromatic rings.